The lowest BCUT2D eigenvalue weighted by Gasteiger charge is -2.19. The number of nitro groups is 1. The van der Waals surface area contributed by atoms with Crippen molar-refractivity contribution in [3.63, 3.8) is 0 Å². The molecule has 0 saturated carbocycles. The fourth-order valence-corrected chi connectivity index (χ4v) is 4.61. The van der Waals surface area contributed by atoms with Crippen LogP contribution in [0.1, 0.15) is 36.8 Å². The molecular formula is C19H21ClN2O5S2. The summed E-state index contributed by atoms with van der Waals surface area (Å²) in [6, 6.07) is 8.89. The van der Waals surface area contributed by atoms with Gasteiger partial charge in [0.05, 0.1) is 39.1 Å². The van der Waals surface area contributed by atoms with Crippen LogP contribution in [0.2, 0.25) is 4.34 Å². The molecule has 1 unspecified atom stereocenters. The first-order chi connectivity index (χ1) is 13.8. The summed E-state index contributed by atoms with van der Waals surface area (Å²) < 4.78 is 5.83. The van der Waals surface area contributed by atoms with Crippen LogP contribution in [0.15, 0.2) is 36.4 Å². The SMILES string of the molecule is CC(C)OC(=O)CC(NC(=O)CSCc1ccc(Cl)s1)c1ccccc1[N+](=O)[O-]. The number of thiophene rings is 1. The van der Waals surface area contributed by atoms with E-state index >= 15 is 0 Å². The maximum absolute atomic E-state index is 12.4. The second-order valence-electron chi connectivity index (χ2n) is 6.38. The topological polar surface area (TPSA) is 98.5 Å². The summed E-state index contributed by atoms with van der Waals surface area (Å²) in [5, 5.41) is 14.1. The number of nitrogens with one attached hydrogen (secondary N) is 1. The van der Waals surface area contributed by atoms with Crippen molar-refractivity contribution in [1.82, 2.24) is 5.32 Å². The number of esters is 1. The van der Waals surface area contributed by atoms with E-state index in [9.17, 15) is 19.7 Å². The Morgan fingerprint density at radius 2 is 2.00 bits per heavy atom. The third kappa shape index (κ3) is 7.68. The van der Waals surface area contributed by atoms with E-state index in [-0.39, 0.29) is 35.4 Å². The number of thioether (sulfide) groups is 1. The van der Waals surface area contributed by atoms with Gasteiger partial charge in [0.2, 0.25) is 5.91 Å². The Hall–Kier alpha value is -2.10. The standard InChI is InChI=1S/C19H21ClN2O5S2/c1-12(2)27-19(24)9-15(14-5-3-4-6-16(14)22(25)26)21-18(23)11-28-10-13-7-8-17(20)29-13/h3-8,12,15H,9-11H2,1-2H3,(H,21,23). The lowest BCUT2D eigenvalue weighted by Crippen LogP contribution is -2.32. The van der Waals surface area contributed by atoms with Gasteiger partial charge in [-0.3, -0.25) is 19.7 Å². The Balaban J connectivity index is 2.07. The first kappa shape index (κ1) is 23.2. The Morgan fingerprint density at radius 3 is 2.62 bits per heavy atom. The van der Waals surface area contributed by atoms with Crippen molar-refractivity contribution >= 4 is 52.3 Å². The molecule has 29 heavy (non-hydrogen) atoms. The maximum Gasteiger partial charge on any atom is 0.308 e. The van der Waals surface area contributed by atoms with E-state index in [1.54, 1.807) is 26.0 Å². The van der Waals surface area contributed by atoms with Gasteiger partial charge in [-0.05, 0) is 26.0 Å². The Kier molecular flexibility index (Phi) is 8.94. The number of rotatable bonds is 10. The molecule has 7 nitrogen and oxygen atoms in total. The van der Waals surface area contributed by atoms with Gasteiger partial charge in [0.15, 0.2) is 0 Å². The predicted octanol–water partition coefficient (Wildman–Crippen LogP) is 4.74. The summed E-state index contributed by atoms with van der Waals surface area (Å²) in [7, 11) is 0. The average Bonchev–Trinajstić information content (AvgIpc) is 3.05. The third-order valence-electron chi connectivity index (χ3n) is 3.69. The van der Waals surface area contributed by atoms with Crippen molar-refractivity contribution in [3.05, 3.63) is 61.3 Å². The molecule has 0 aliphatic heterocycles. The van der Waals surface area contributed by atoms with Gasteiger partial charge < -0.3 is 10.1 Å². The van der Waals surface area contributed by atoms with Gasteiger partial charge in [-0.15, -0.1) is 23.1 Å². The fourth-order valence-electron chi connectivity index (χ4n) is 2.57. The summed E-state index contributed by atoms with van der Waals surface area (Å²) in [6.45, 7) is 3.42. The minimum atomic E-state index is -0.855. The minimum Gasteiger partial charge on any atom is -0.463 e. The molecule has 0 aliphatic rings. The number of carbonyl (C=O) groups excluding carboxylic acids is 2. The molecular weight excluding hydrogens is 436 g/mol. The van der Waals surface area contributed by atoms with Gasteiger partial charge in [-0.25, -0.2) is 0 Å². The first-order valence-electron chi connectivity index (χ1n) is 8.80. The molecule has 1 aromatic heterocycles. The lowest BCUT2D eigenvalue weighted by molar-refractivity contribution is -0.385. The van der Waals surface area contributed by atoms with Crippen LogP contribution in [0.3, 0.4) is 0 Å². The molecule has 0 saturated heterocycles. The fraction of sp³-hybridized carbons (Fsp3) is 0.368. The van der Waals surface area contributed by atoms with Crippen molar-refractivity contribution in [2.45, 2.75) is 38.2 Å². The highest BCUT2D eigenvalue weighted by Gasteiger charge is 2.26. The number of benzene rings is 1. The van der Waals surface area contributed by atoms with Gasteiger partial charge in [-0.2, -0.15) is 0 Å². The van der Waals surface area contributed by atoms with Crippen molar-refractivity contribution < 1.29 is 19.2 Å². The zero-order valence-corrected chi connectivity index (χ0v) is 18.3. The second kappa shape index (κ2) is 11.2. The molecule has 2 rings (SSSR count). The van der Waals surface area contributed by atoms with Crippen molar-refractivity contribution in [3.8, 4) is 0 Å². The van der Waals surface area contributed by atoms with Crippen LogP contribution in [0.25, 0.3) is 0 Å². The van der Waals surface area contributed by atoms with E-state index in [2.05, 4.69) is 5.32 Å². The van der Waals surface area contributed by atoms with Crippen molar-refractivity contribution in [1.29, 1.82) is 0 Å². The molecule has 2 aromatic rings. The molecule has 0 spiro atoms. The van der Waals surface area contributed by atoms with Crippen LogP contribution in [0.5, 0.6) is 0 Å². The van der Waals surface area contributed by atoms with E-state index in [4.69, 9.17) is 16.3 Å². The Bertz CT molecular complexity index is 872. The molecule has 1 N–H and O–H groups in total. The molecule has 1 atom stereocenters. The molecule has 0 bridgehead atoms. The van der Waals surface area contributed by atoms with Crippen LogP contribution in [-0.4, -0.2) is 28.7 Å². The maximum atomic E-state index is 12.4. The van der Waals surface area contributed by atoms with Gasteiger partial charge in [0, 0.05) is 16.7 Å². The zero-order valence-electron chi connectivity index (χ0n) is 15.9. The second-order valence-corrected chi connectivity index (χ2v) is 9.16. The number of nitrogens with zero attached hydrogens (tertiary/aromatic N) is 1. The smallest absolute Gasteiger partial charge is 0.308 e. The van der Waals surface area contributed by atoms with E-state index < -0.39 is 16.9 Å². The number of para-hydroxylation sites is 1. The van der Waals surface area contributed by atoms with Crippen LogP contribution >= 0.6 is 34.7 Å². The molecule has 10 heteroatoms. The molecule has 0 aliphatic carbocycles. The largest absolute Gasteiger partial charge is 0.463 e. The van der Waals surface area contributed by atoms with E-state index in [1.165, 1.54) is 41.3 Å². The highest BCUT2D eigenvalue weighted by Crippen LogP contribution is 2.28. The van der Waals surface area contributed by atoms with Gasteiger partial charge in [0.1, 0.15) is 0 Å². The number of ether oxygens (including phenoxy) is 1. The van der Waals surface area contributed by atoms with Gasteiger partial charge in [0.25, 0.3) is 5.69 Å². The number of halogens is 1. The third-order valence-corrected chi connectivity index (χ3v) is 6.08. The van der Waals surface area contributed by atoms with Crippen LogP contribution in [0, 0.1) is 10.1 Å². The summed E-state index contributed by atoms with van der Waals surface area (Å²) in [5.41, 5.74) is 0.109. The lowest BCUT2D eigenvalue weighted by atomic mass is 10.0. The summed E-state index contributed by atoms with van der Waals surface area (Å²) >= 11 is 8.74. The number of carbonyl (C=O) groups is 2. The quantitative estimate of drug-likeness (QED) is 0.315. The van der Waals surface area contributed by atoms with Crippen LogP contribution < -0.4 is 5.32 Å². The highest BCUT2D eigenvalue weighted by molar-refractivity contribution is 7.99. The Morgan fingerprint density at radius 1 is 1.28 bits per heavy atom. The molecule has 0 fully saturated rings. The summed E-state index contributed by atoms with van der Waals surface area (Å²) in [4.78, 5) is 36.5. The first-order valence-corrected chi connectivity index (χ1v) is 11.1. The highest BCUT2D eigenvalue weighted by atomic mass is 35.5. The summed E-state index contributed by atoms with van der Waals surface area (Å²) in [5.74, 6) is -0.0927. The normalized spacial score (nSPS) is 11.9. The average molecular weight is 457 g/mol. The Labute approximate surface area is 181 Å². The number of hydrogen-bond acceptors (Lipinski definition) is 7. The minimum absolute atomic E-state index is 0.145. The molecule has 0 radical (unpaired) electrons. The summed E-state index contributed by atoms with van der Waals surface area (Å²) in [6.07, 6.45) is -0.516. The number of hydrogen-bond donors (Lipinski definition) is 1. The van der Waals surface area contributed by atoms with E-state index in [0.29, 0.717) is 10.1 Å². The molecule has 1 heterocycles. The molecule has 1 amide bonds. The monoisotopic (exact) mass is 456 g/mol. The molecule has 156 valence electrons. The number of nitro benzene ring substituents is 1. The van der Waals surface area contributed by atoms with Crippen LogP contribution in [0.4, 0.5) is 5.69 Å². The predicted molar refractivity (Wildman–Crippen MR) is 115 cm³/mol. The van der Waals surface area contributed by atoms with Crippen LogP contribution in [-0.2, 0) is 20.1 Å². The number of amides is 1. The van der Waals surface area contributed by atoms with Gasteiger partial charge >= 0.3 is 5.97 Å². The zero-order chi connectivity index (χ0) is 21.4. The van der Waals surface area contributed by atoms with Crippen molar-refractivity contribution in [2.24, 2.45) is 0 Å². The van der Waals surface area contributed by atoms with Gasteiger partial charge in [-0.1, -0.05) is 29.8 Å². The van der Waals surface area contributed by atoms with Crippen molar-refractivity contribution in [2.75, 3.05) is 5.75 Å². The molecule has 1 aromatic carbocycles. The van der Waals surface area contributed by atoms with E-state index in [0.717, 1.165) is 4.88 Å². The van der Waals surface area contributed by atoms with E-state index in [1.807, 2.05) is 6.07 Å².